The number of aliphatic hydroxyl groups is 1. The number of rotatable bonds is 2. The molecule has 2 heterocycles. The molecule has 2 aliphatic rings. The molecule has 3 heteroatoms. The summed E-state index contributed by atoms with van der Waals surface area (Å²) >= 11 is 0. The van der Waals surface area contributed by atoms with Gasteiger partial charge in [0.1, 0.15) is 18.5 Å². The van der Waals surface area contributed by atoms with E-state index >= 15 is 0 Å². The van der Waals surface area contributed by atoms with Gasteiger partial charge in [-0.05, 0) is 42.4 Å². The second-order valence-electron chi connectivity index (χ2n) is 6.95. The van der Waals surface area contributed by atoms with E-state index in [1.54, 1.807) is 0 Å². The van der Waals surface area contributed by atoms with Gasteiger partial charge < -0.3 is 9.84 Å². The predicted octanol–water partition coefficient (Wildman–Crippen LogP) is 3.02. The Balaban J connectivity index is 1.82. The molecule has 0 radical (unpaired) electrons. The van der Waals surface area contributed by atoms with Crippen molar-refractivity contribution in [1.29, 1.82) is 0 Å². The highest BCUT2D eigenvalue weighted by Crippen LogP contribution is 2.36. The maximum Gasteiger partial charge on any atom is 0.125 e. The zero-order valence-corrected chi connectivity index (χ0v) is 13.4. The maximum atomic E-state index is 10.8. The Morgan fingerprint density at radius 1 is 1.24 bits per heavy atom. The lowest BCUT2D eigenvalue weighted by atomic mass is 9.88. The molecule has 1 aromatic rings. The number of nitrogens with zero attached hydrogens (tertiary/aromatic N) is 1. The molecule has 0 spiro atoms. The minimum atomic E-state index is -0.433. The summed E-state index contributed by atoms with van der Waals surface area (Å²) in [5, 5.41) is 10.8. The molecule has 3 nitrogen and oxygen atoms in total. The van der Waals surface area contributed by atoms with Gasteiger partial charge in [0.15, 0.2) is 0 Å². The van der Waals surface area contributed by atoms with Gasteiger partial charge in [-0.15, -0.1) is 0 Å². The molecule has 0 aromatic heterocycles. The number of aryl methyl sites for hydroxylation is 1. The molecule has 0 saturated carbocycles. The number of fused-ring (bicyclic) bond motifs is 1. The van der Waals surface area contributed by atoms with Gasteiger partial charge in [-0.1, -0.05) is 26.8 Å². The van der Waals surface area contributed by atoms with Crippen molar-refractivity contribution in [2.45, 2.75) is 45.8 Å². The molecule has 21 heavy (non-hydrogen) atoms. The van der Waals surface area contributed by atoms with Crippen LogP contribution in [0.3, 0.4) is 0 Å². The standard InChI is InChI=1S/C18H27NO2/c1-4-14-5-6-17-15(8-14)18(20)16(11-21-17)19-9-12(2)7-13(3)10-19/h5-6,8,12-13,16,18,20H,4,7,9-11H2,1-3H3. The van der Waals surface area contributed by atoms with Crippen LogP contribution < -0.4 is 4.74 Å². The molecule has 2 aliphatic heterocycles. The fraction of sp³-hybridized carbons (Fsp3) is 0.667. The lowest BCUT2D eigenvalue weighted by Gasteiger charge is -2.43. The van der Waals surface area contributed by atoms with Crippen LogP contribution >= 0.6 is 0 Å². The number of benzene rings is 1. The summed E-state index contributed by atoms with van der Waals surface area (Å²) < 4.78 is 5.93. The Labute approximate surface area is 127 Å². The SMILES string of the molecule is CCc1ccc2c(c1)C(O)C(N1CC(C)CC(C)C1)CO2. The van der Waals surface area contributed by atoms with Crippen molar-refractivity contribution in [3.63, 3.8) is 0 Å². The predicted molar refractivity (Wildman–Crippen MR) is 84.6 cm³/mol. The van der Waals surface area contributed by atoms with E-state index in [2.05, 4.69) is 37.8 Å². The lowest BCUT2D eigenvalue weighted by molar-refractivity contribution is -0.0227. The van der Waals surface area contributed by atoms with E-state index in [1.807, 2.05) is 6.07 Å². The molecule has 0 bridgehead atoms. The monoisotopic (exact) mass is 289 g/mol. The van der Waals surface area contributed by atoms with Crippen LogP contribution in [0.5, 0.6) is 5.75 Å². The summed E-state index contributed by atoms with van der Waals surface area (Å²) in [6, 6.07) is 6.31. The third-order valence-corrected chi connectivity index (χ3v) is 4.94. The Kier molecular flexibility index (Phi) is 4.23. The normalized spacial score (nSPS) is 33.3. The first-order valence-corrected chi connectivity index (χ1v) is 8.26. The Morgan fingerprint density at radius 3 is 2.62 bits per heavy atom. The van der Waals surface area contributed by atoms with E-state index in [0.717, 1.165) is 30.8 Å². The quantitative estimate of drug-likeness (QED) is 0.908. The first-order chi connectivity index (χ1) is 10.1. The molecule has 3 rings (SSSR count). The van der Waals surface area contributed by atoms with E-state index < -0.39 is 6.10 Å². The van der Waals surface area contributed by atoms with Crippen molar-refractivity contribution in [2.75, 3.05) is 19.7 Å². The highest BCUT2D eigenvalue weighted by atomic mass is 16.5. The number of piperidine rings is 1. The van der Waals surface area contributed by atoms with Gasteiger partial charge in [-0.25, -0.2) is 0 Å². The molecule has 1 N–H and O–H groups in total. The van der Waals surface area contributed by atoms with Gasteiger partial charge in [0.05, 0.1) is 6.04 Å². The lowest BCUT2D eigenvalue weighted by Crippen LogP contribution is -2.51. The van der Waals surface area contributed by atoms with Crippen LogP contribution in [0, 0.1) is 11.8 Å². The zero-order valence-electron chi connectivity index (χ0n) is 13.4. The summed E-state index contributed by atoms with van der Waals surface area (Å²) in [4.78, 5) is 2.44. The van der Waals surface area contributed by atoms with E-state index in [9.17, 15) is 5.11 Å². The Bertz CT molecular complexity index is 492. The van der Waals surface area contributed by atoms with Crippen LogP contribution in [-0.2, 0) is 6.42 Å². The number of hydrogen-bond acceptors (Lipinski definition) is 3. The fourth-order valence-corrected chi connectivity index (χ4v) is 3.94. The first-order valence-electron chi connectivity index (χ1n) is 8.26. The zero-order chi connectivity index (χ0) is 15.0. The van der Waals surface area contributed by atoms with E-state index in [1.165, 1.54) is 12.0 Å². The third-order valence-electron chi connectivity index (χ3n) is 4.94. The molecule has 1 aromatic carbocycles. The molecular formula is C18H27NO2. The maximum absolute atomic E-state index is 10.8. The molecule has 0 aliphatic carbocycles. The second-order valence-corrected chi connectivity index (χ2v) is 6.95. The second kappa shape index (κ2) is 5.98. The van der Waals surface area contributed by atoms with Gasteiger partial charge in [-0.3, -0.25) is 4.90 Å². The van der Waals surface area contributed by atoms with Gasteiger partial charge in [-0.2, -0.15) is 0 Å². The van der Waals surface area contributed by atoms with Gasteiger partial charge in [0.25, 0.3) is 0 Å². The van der Waals surface area contributed by atoms with Crippen molar-refractivity contribution in [2.24, 2.45) is 11.8 Å². The molecule has 1 saturated heterocycles. The average Bonchev–Trinajstić information content (AvgIpc) is 2.46. The van der Waals surface area contributed by atoms with Crippen LogP contribution in [0.2, 0.25) is 0 Å². The molecular weight excluding hydrogens is 262 g/mol. The summed E-state index contributed by atoms with van der Waals surface area (Å²) in [7, 11) is 0. The minimum Gasteiger partial charge on any atom is -0.491 e. The van der Waals surface area contributed by atoms with Gasteiger partial charge >= 0.3 is 0 Å². The number of likely N-dealkylation sites (tertiary alicyclic amines) is 1. The topological polar surface area (TPSA) is 32.7 Å². The molecule has 4 atom stereocenters. The number of ether oxygens (including phenoxy) is 1. The van der Waals surface area contributed by atoms with Crippen molar-refractivity contribution in [1.82, 2.24) is 4.90 Å². The van der Waals surface area contributed by atoms with E-state index in [-0.39, 0.29) is 6.04 Å². The summed E-state index contributed by atoms with van der Waals surface area (Å²) in [6.45, 7) is 9.49. The Morgan fingerprint density at radius 2 is 1.95 bits per heavy atom. The molecule has 0 amide bonds. The molecule has 1 fully saturated rings. The Hall–Kier alpha value is -1.06. The smallest absolute Gasteiger partial charge is 0.125 e. The largest absolute Gasteiger partial charge is 0.491 e. The molecule has 4 unspecified atom stereocenters. The van der Waals surface area contributed by atoms with Crippen LogP contribution in [-0.4, -0.2) is 35.7 Å². The number of hydrogen-bond donors (Lipinski definition) is 1. The van der Waals surface area contributed by atoms with Crippen LogP contribution in [0.15, 0.2) is 18.2 Å². The number of aliphatic hydroxyl groups excluding tert-OH is 1. The summed E-state index contributed by atoms with van der Waals surface area (Å²) in [5.41, 5.74) is 2.23. The summed E-state index contributed by atoms with van der Waals surface area (Å²) in [6.07, 6.45) is 1.84. The van der Waals surface area contributed by atoms with E-state index in [4.69, 9.17) is 4.74 Å². The van der Waals surface area contributed by atoms with Crippen molar-refractivity contribution in [3.8, 4) is 5.75 Å². The first kappa shape index (κ1) is 14.9. The average molecular weight is 289 g/mol. The fourth-order valence-electron chi connectivity index (χ4n) is 3.94. The van der Waals surface area contributed by atoms with Gasteiger partial charge in [0, 0.05) is 18.7 Å². The summed E-state index contributed by atoms with van der Waals surface area (Å²) in [5.74, 6) is 2.25. The van der Waals surface area contributed by atoms with Crippen molar-refractivity contribution >= 4 is 0 Å². The van der Waals surface area contributed by atoms with Crippen LogP contribution in [0.25, 0.3) is 0 Å². The minimum absolute atomic E-state index is 0.0924. The highest BCUT2D eigenvalue weighted by molar-refractivity contribution is 5.41. The van der Waals surface area contributed by atoms with Crippen LogP contribution in [0.1, 0.15) is 44.4 Å². The van der Waals surface area contributed by atoms with Crippen molar-refractivity contribution in [3.05, 3.63) is 29.3 Å². The van der Waals surface area contributed by atoms with Gasteiger partial charge in [0.2, 0.25) is 0 Å². The van der Waals surface area contributed by atoms with Crippen LogP contribution in [0.4, 0.5) is 0 Å². The highest BCUT2D eigenvalue weighted by Gasteiger charge is 2.36. The molecule has 116 valence electrons. The van der Waals surface area contributed by atoms with E-state index in [0.29, 0.717) is 18.4 Å². The van der Waals surface area contributed by atoms with Crippen molar-refractivity contribution < 1.29 is 9.84 Å². The third kappa shape index (κ3) is 2.95.